The number of hydrogen-bond acceptors (Lipinski definition) is 5. The van der Waals surface area contributed by atoms with Crippen LogP contribution in [0.25, 0.3) is 11.0 Å². The number of nitrogens with one attached hydrogen (secondary N) is 1. The predicted molar refractivity (Wildman–Crippen MR) is 127 cm³/mol. The van der Waals surface area contributed by atoms with Crippen LogP contribution < -0.4 is 4.72 Å². The molecule has 0 aliphatic carbocycles. The topological polar surface area (TPSA) is 92.3 Å². The number of aryl methyl sites for hydroxylation is 1. The molecule has 32 heavy (non-hydrogen) atoms. The zero-order valence-electron chi connectivity index (χ0n) is 18.8. The van der Waals surface area contributed by atoms with Gasteiger partial charge in [-0.25, -0.2) is 8.42 Å². The molecule has 0 radical (unpaired) electrons. The van der Waals surface area contributed by atoms with Crippen LogP contribution in [-0.2, 0) is 10.0 Å². The molecule has 2 aromatic carbocycles. The lowest BCUT2D eigenvalue weighted by molar-refractivity contribution is 0.0762. The number of aromatic nitrogens is 2. The summed E-state index contributed by atoms with van der Waals surface area (Å²) in [5.41, 5.74) is 2.28. The van der Waals surface area contributed by atoms with Crippen LogP contribution >= 0.6 is 0 Å². The molecule has 1 aromatic heterocycles. The highest BCUT2D eigenvalue weighted by atomic mass is 32.2. The predicted octanol–water partition coefficient (Wildman–Crippen LogP) is 4.78. The number of rotatable bonds is 4. The second-order valence-corrected chi connectivity index (χ2v) is 9.19. The van der Waals surface area contributed by atoms with E-state index in [-0.39, 0.29) is 16.5 Å². The Morgan fingerprint density at radius 2 is 1.66 bits per heavy atom. The van der Waals surface area contributed by atoms with Crippen molar-refractivity contribution in [2.45, 2.75) is 51.3 Å². The Hall–Kier alpha value is -3.00. The number of sulfonamides is 1. The number of para-hydroxylation sites is 1. The van der Waals surface area contributed by atoms with Gasteiger partial charge in [-0.3, -0.25) is 19.5 Å². The van der Waals surface area contributed by atoms with Crippen LogP contribution in [0.4, 0.5) is 5.69 Å². The highest BCUT2D eigenvalue weighted by Gasteiger charge is 2.24. The van der Waals surface area contributed by atoms with Gasteiger partial charge < -0.3 is 4.90 Å². The highest BCUT2D eigenvalue weighted by molar-refractivity contribution is 7.93. The van der Waals surface area contributed by atoms with Gasteiger partial charge in [0.1, 0.15) is 10.4 Å². The average Bonchev–Trinajstić information content (AvgIpc) is 3.09. The largest absolute Gasteiger partial charge is 0.339 e. The van der Waals surface area contributed by atoms with Gasteiger partial charge in [-0.1, -0.05) is 38.8 Å². The maximum absolute atomic E-state index is 13.2. The van der Waals surface area contributed by atoms with Gasteiger partial charge in [0.05, 0.1) is 16.8 Å². The van der Waals surface area contributed by atoms with Crippen LogP contribution in [0.15, 0.2) is 53.7 Å². The van der Waals surface area contributed by atoms with Crippen LogP contribution in [0.1, 0.15) is 55.5 Å². The molecule has 8 heteroatoms. The van der Waals surface area contributed by atoms with Crippen molar-refractivity contribution in [1.82, 2.24) is 14.9 Å². The fourth-order valence-corrected chi connectivity index (χ4v) is 4.99. The van der Waals surface area contributed by atoms with E-state index in [0.29, 0.717) is 29.7 Å². The van der Waals surface area contributed by atoms with E-state index < -0.39 is 10.0 Å². The highest BCUT2D eigenvalue weighted by Crippen LogP contribution is 2.26. The molecule has 4 rings (SSSR count). The van der Waals surface area contributed by atoms with Crippen LogP contribution in [0.3, 0.4) is 0 Å². The quantitative estimate of drug-likeness (QED) is 0.612. The van der Waals surface area contributed by atoms with Crippen molar-refractivity contribution in [2.75, 3.05) is 17.8 Å². The summed E-state index contributed by atoms with van der Waals surface area (Å²) in [4.78, 5) is 23.4. The van der Waals surface area contributed by atoms with E-state index in [1.54, 1.807) is 24.3 Å². The summed E-state index contributed by atoms with van der Waals surface area (Å²) in [6.07, 6.45) is 7.13. The molecule has 0 unspecified atom stereocenters. The van der Waals surface area contributed by atoms with Crippen molar-refractivity contribution in [2.24, 2.45) is 0 Å². The van der Waals surface area contributed by atoms with Crippen molar-refractivity contribution in [3.8, 4) is 0 Å². The first-order chi connectivity index (χ1) is 15.5. The first-order valence-corrected chi connectivity index (χ1v) is 12.6. The van der Waals surface area contributed by atoms with Crippen molar-refractivity contribution < 1.29 is 13.2 Å². The minimum Gasteiger partial charge on any atom is -0.339 e. The standard InChI is InChI=1S/C22H24N4O3S.C2H6/c1-16-9-10-17(22(27)26-13-4-2-3-5-14-26)19(15-16)25-30(28,29)20-8-6-7-18-21(20)24-12-11-23-18;1-2/h6-12,15,25H,2-5,13-14H2,1H3;1-2H3. The number of fused-ring (bicyclic) bond motifs is 1. The number of likely N-dealkylation sites (tertiary alicyclic amines) is 1. The number of anilines is 1. The number of benzene rings is 2. The summed E-state index contributed by atoms with van der Waals surface area (Å²) in [5.74, 6) is -0.146. The van der Waals surface area contributed by atoms with Crippen molar-refractivity contribution in [1.29, 1.82) is 0 Å². The molecule has 170 valence electrons. The molecule has 0 spiro atoms. The van der Waals surface area contributed by atoms with Gasteiger partial charge >= 0.3 is 0 Å². The second kappa shape index (κ2) is 10.5. The lowest BCUT2D eigenvalue weighted by Gasteiger charge is -2.22. The molecule has 1 aliphatic heterocycles. The number of nitrogens with zero attached hydrogens (tertiary/aromatic N) is 3. The van der Waals surface area contributed by atoms with Gasteiger partial charge in [0.2, 0.25) is 0 Å². The Kier molecular flexibility index (Phi) is 7.80. The molecule has 0 bridgehead atoms. The first kappa shape index (κ1) is 23.7. The Labute approximate surface area is 189 Å². The number of carbonyl (C=O) groups excluding carboxylic acids is 1. The lowest BCUT2D eigenvalue weighted by Crippen LogP contribution is -2.32. The molecule has 0 atom stereocenters. The smallest absolute Gasteiger partial charge is 0.264 e. The summed E-state index contributed by atoms with van der Waals surface area (Å²) in [5, 5.41) is 0. The maximum Gasteiger partial charge on any atom is 0.264 e. The van der Waals surface area contributed by atoms with E-state index in [9.17, 15) is 13.2 Å². The van der Waals surface area contributed by atoms with E-state index in [1.807, 2.05) is 31.7 Å². The van der Waals surface area contributed by atoms with Crippen molar-refractivity contribution in [3.63, 3.8) is 0 Å². The molecule has 1 saturated heterocycles. The molecule has 3 aromatic rings. The zero-order valence-corrected chi connectivity index (χ0v) is 19.7. The lowest BCUT2D eigenvalue weighted by atomic mass is 10.1. The third-order valence-electron chi connectivity index (χ3n) is 5.29. The number of amides is 1. The third-order valence-corrected chi connectivity index (χ3v) is 6.69. The Bertz CT molecular complexity index is 1180. The molecule has 1 aliphatic rings. The molecule has 0 saturated carbocycles. The molecule has 1 fully saturated rings. The van der Waals surface area contributed by atoms with Crippen molar-refractivity contribution in [3.05, 3.63) is 59.9 Å². The van der Waals surface area contributed by atoms with Crippen molar-refractivity contribution >= 4 is 32.7 Å². The Balaban J connectivity index is 0.00000141. The maximum atomic E-state index is 13.2. The molecule has 1 N–H and O–H groups in total. The first-order valence-electron chi connectivity index (χ1n) is 11.1. The Morgan fingerprint density at radius 3 is 2.38 bits per heavy atom. The monoisotopic (exact) mass is 454 g/mol. The molecule has 2 heterocycles. The van der Waals surface area contributed by atoms with Gasteiger partial charge in [-0.15, -0.1) is 0 Å². The van der Waals surface area contributed by atoms with E-state index in [4.69, 9.17) is 0 Å². The van der Waals surface area contributed by atoms with Gasteiger partial charge in [0.25, 0.3) is 15.9 Å². The van der Waals surface area contributed by atoms with E-state index in [1.165, 1.54) is 18.5 Å². The zero-order chi connectivity index (χ0) is 23.1. The Morgan fingerprint density at radius 1 is 0.969 bits per heavy atom. The molecule has 1 amide bonds. The number of carbonyl (C=O) groups is 1. The summed E-state index contributed by atoms with van der Waals surface area (Å²) in [6.45, 7) is 7.25. The summed E-state index contributed by atoms with van der Waals surface area (Å²) in [7, 11) is -3.97. The van der Waals surface area contributed by atoms with Crippen LogP contribution in [0, 0.1) is 6.92 Å². The van der Waals surface area contributed by atoms with Gasteiger partial charge in [0, 0.05) is 25.5 Å². The SMILES string of the molecule is CC.Cc1ccc(C(=O)N2CCCCCC2)c(NS(=O)(=O)c2cccc3nccnc23)c1. The van der Waals surface area contributed by atoms with Crippen LogP contribution in [-0.4, -0.2) is 42.3 Å². The van der Waals surface area contributed by atoms with E-state index >= 15 is 0 Å². The summed E-state index contributed by atoms with van der Waals surface area (Å²) < 4.78 is 29.1. The van der Waals surface area contributed by atoms with Crippen LogP contribution in [0.2, 0.25) is 0 Å². The summed E-state index contributed by atoms with van der Waals surface area (Å²) >= 11 is 0. The molecular formula is C24H30N4O3S. The normalized spacial score (nSPS) is 14.3. The third kappa shape index (κ3) is 5.24. The fourth-order valence-electron chi connectivity index (χ4n) is 3.76. The minimum absolute atomic E-state index is 0.0303. The van der Waals surface area contributed by atoms with Crippen LogP contribution in [0.5, 0.6) is 0 Å². The number of hydrogen-bond donors (Lipinski definition) is 1. The molecular weight excluding hydrogens is 424 g/mol. The second-order valence-electron chi connectivity index (χ2n) is 7.54. The minimum atomic E-state index is -3.97. The van der Waals surface area contributed by atoms with Gasteiger partial charge in [0.15, 0.2) is 0 Å². The summed E-state index contributed by atoms with van der Waals surface area (Å²) in [6, 6.07) is 10.0. The fraction of sp³-hybridized carbons (Fsp3) is 0.375. The van der Waals surface area contributed by atoms with Gasteiger partial charge in [-0.2, -0.15) is 0 Å². The molecule has 7 nitrogen and oxygen atoms in total. The van der Waals surface area contributed by atoms with E-state index in [0.717, 1.165) is 31.2 Å². The average molecular weight is 455 g/mol. The van der Waals surface area contributed by atoms with E-state index in [2.05, 4.69) is 14.7 Å². The van der Waals surface area contributed by atoms with Gasteiger partial charge in [-0.05, 0) is 49.6 Å².